The van der Waals surface area contributed by atoms with E-state index in [1.165, 1.54) is 18.2 Å². The Bertz CT molecular complexity index is 764. The summed E-state index contributed by atoms with van der Waals surface area (Å²) < 4.78 is 0.383. The Hall–Kier alpha value is -1.51. The molecule has 23 heavy (non-hydrogen) atoms. The molecule has 0 spiro atoms. The number of carboxylic acid groups (broad SMARTS) is 1. The number of nitrogens with one attached hydrogen (secondary N) is 1. The van der Waals surface area contributed by atoms with Crippen LogP contribution in [0.5, 0.6) is 5.75 Å². The Kier molecular flexibility index (Phi) is 6.09. The van der Waals surface area contributed by atoms with Crippen molar-refractivity contribution in [1.29, 1.82) is 0 Å². The van der Waals surface area contributed by atoms with Gasteiger partial charge in [-0.2, -0.15) is 0 Å². The fourth-order valence-corrected chi connectivity index (χ4v) is 3.29. The number of phenolic OH excluding ortho intramolecular Hbond substituents is 1. The number of aryl methyl sites for hydroxylation is 1. The number of thioether (sulfide) groups is 1. The highest BCUT2D eigenvalue weighted by Crippen LogP contribution is 2.35. The van der Waals surface area contributed by atoms with Crippen LogP contribution in [0.3, 0.4) is 0 Å². The minimum Gasteiger partial charge on any atom is -0.506 e. The van der Waals surface area contributed by atoms with E-state index in [9.17, 15) is 15.0 Å². The summed E-state index contributed by atoms with van der Waals surface area (Å²) in [4.78, 5) is 15.6. The minimum atomic E-state index is -1.15. The SMILES string of the molecule is CCCc1nc(S/C(=C\c2cc(Cl)cc(Br)c2O)C(=O)O)n[nH]1. The van der Waals surface area contributed by atoms with Gasteiger partial charge in [-0.1, -0.05) is 18.5 Å². The lowest BCUT2D eigenvalue weighted by molar-refractivity contribution is -0.131. The maximum absolute atomic E-state index is 11.4. The van der Waals surface area contributed by atoms with E-state index in [1.54, 1.807) is 0 Å². The molecule has 0 atom stereocenters. The van der Waals surface area contributed by atoms with Gasteiger partial charge in [-0.3, -0.25) is 5.10 Å². The number of aromatic amines is 1. The zero-order chi connectivity index (χ0) is 17.0. The second-order valence-corrected chi connectivity index (χ2v) is 6.86. The molecule has 2 aromatic rings. The van der Waals surface area contributed by atoms with Gasteiger partial charge in [-0.05, 0) is 52.3 Å². The van der Waals surface area contributed by atoms with Crippen LogP contribution in [0.25, 0.3) is 6.08 Å². The van der Waals surface area contributed by atoms with E-state index in [2.05, 4.69) is 31.1 Å². The van der Waals surface area contributed by atoms with Crippen molar-refractivity contribution in [3.05, 3.63) is 37.9 Å². The number of halogens is 2. The van der Waals surface area contributed by atoms with Gasteiger partial charge in [0, 0.05) is 17.0 Å². The molecule has 122 valence electrons. The van der Waals surface area contributed by atoms with E-state index < -0.39 is 5.97 Å². The van der Waals surface area contributed by atoms with Crippen molar-refractivity contribution < 1.29 is 15.0 Å². The lowest BCUT2D eigenvalue weighted by atomic mass is 10.2. The van der Waals surface area contributed by atoms with Crippen molar-refractivity contribution in [1.82, 2.24) is 15.2 Å². The molecule has 1 heterocycles. The van der Waals surface area contributed by atoms with Crippen LogP contribution in [0, 0.1) is 0 Å². The fourth-order valence-electron chi connectivity index (χ4n) is 1.74. The molecule has 3 N–H and O–H groups in total. The summed E-state index contributed by atoms with van der Waals surface area (Å²) in [7, 11) is 0. The number of rotatable bonds is 6. The van der Waals surface area contributed by atoms with Crippen LogP contribution in [0.1, 0.15) is 24.7 Å². The number of phenols is 1. The summed E-state index contributed by atoms with van der Waals surface area (Å²) in [5, 5.41) is 26.8. The number of hydrogen-bond acceptors (Lipinski definition) is 5. The average Bonchev–Trinajstić information content (AvgIpc) is 2.91. The largest absolute Gasteiger partial charge is 0.506 e. The monoisotopic (exact) mass is 417 g/mol. The highest BCUT2D eigenvalue weighted by molar-refractivity contribution is 9.10. The third-order valence-electron chi connectivity index (χ3n) is 2.75. The van der Waals surface area contributed by atoms with Gasteiger partial charge in [0.1, 0.15) is 16.5 Å². The molecule has 9 heteroatoms. The van der Waals surface area contributed by atoms with E-state index in [1.807, 2.05) is 6.92 Å². The molecule has 2 rings (SSSR count). The summed E-state index contributed by atoms with van der Waals surface area (Å²) in [5.74, 6) is -0.532. The van der Waals surface area contributed by atoms with Crippen LogP contribution in [0.15, 0.2) is 26.7 Å². The first kappa shape index (κ1) is 17.8. The van der Waals surface area contributed by atoms with Crippen molar-refractivity contribution in [2.24, 2.45) is 0 Å². The minimum absolute atomic E-state index is 0.0310. The Balaban J connectivity index is 2.32. The Morgan fingerprint density at radius 3 is 2.91 bits per heavy atom. The Morgan fingerprint density at radius 1 is 1.52 bits per heavy atom. The molecule has 0 aliphatic rings. The van der Waals surface area contributed by atoms with Gasteiger partial charge in [-0.25, -0.2) is 9.78 Å². The third kappa shape index (κ3) is 4.73. The zero-order valence-electron chi connectivity index (χ0n) is 12.0. The second-order valence-electron chi connectivity index (χ2n) is 4.56. The number of carboxylic acids is 1. The van der Waals surface area contributed by atoms with E-state index in [0.29, 0.717) is 26.0 Å². The third-order valence-corrected chi connectivity index (χ3v) is 4.45. The van der Waals surface area contributed by atoms with Gasteiger partial charge in [-0.15, -0.1) is 5.10 Å². The highest BCUT2D eigenvalue weighted by Gasteiger charge is 2.15. The maximum atomic E-state index is 11.4. The molecule has 0 unspecified atom stereocenters. The summed E-state index contributed by atoms with van der Waals surface area (Å²) in [5.41, 5.74) is 0.290. The van der Waals surface area contributed by atoms with Gasteiger partial charge in [0.05, 0.1) is 4.47 Å². The van der Waals surface area contributed by atoms with Crippen LogP contribution in [0.2, 0.25) is 5.02 Å². The van der Waals surface area contributed by atoms with Crippen LogP contribution in [-0.2, 0) is 11.2 Å². The maximum Gasteiger partial charge on any atom is 0.342 e. The van der Waals surface area contributed by atoms with Gasteiger partial charge in [0.25, 0.3) is 0 Å². The van der Waals surface area contributed by atoms with Crippen LogP contribution in [0.4, 0.5) is 0 Å². The highest BCUT2D eigenvalue weighted by atomic mass is 79.9. The van der Waals surface area contributed by atoms with Crippen molar-refractivity contribution in [2.45, 2.75) is 24.9 Å². The normalized spacial score (nSPS) is 11.7. The Labute approximate surface area is 150 Å². The molecule has 6 nitrogen and oxygen atoms in total. The molecular formula is C14H13BrClN3O3S. The first-order valence-corrected chi connectivity index (χ1v) is 8.61. The lowest BCUT2D eigenvalue weighted by Gasteiger charge is -2.05. The van der Waals surface area contributed by atoms with E-state index in [4.69, 9.17) is 11.6 Å². The predicted molar refractivity (Wildman–Crippen MR) is 92.7 cm³/mol. The summed E-state index contributed by atoms with van der Waals surface area (Å²) in [6.07, 6.45) is 2.97. The molecule has 0 saturated carbocycles. The number of carbonyl (C=O) groups is 1. The van der Waals surface area contributed by atoms with Crippen LogP contribution >= 0.6 is 39.3 Å². The zero-order valence-corrected chi connectivity index (χ0v) is 15.2. The quantitative estimate of drug-likeness (QED) is 0.482. The fraction of sp³-hybridized carbons (Fsp3) is 0.214. The van der Waals surface area contributed by atoms with E-state index >= 15 is 0 Å². The molecule has 0 amide bonds. The first-order valence-electron chi connectivity index (χ1n) is 6.62. The molecule has 0 bridgehead atoms. The second kappa shape index (κ2) is 7.85. The first-order chi connectivity index (χ1) is 10.9. The van der Waals surface area contributed by atoms with E-state index in [-0.39, 0.29) is 10.7 Å². The van der Waals surface area contributed by atoms with Crippen molar-refractivity contribution in [3.63, 3.8) is 0 Å². The molecule has 0 radical (unpaired) electrons. The van der Waals surface area contributed by atoms with Gasteiger partial charge >= 0.3 is 5.97 Å². The van der Waals surface area contributed by atoms with Gasteiger partial charge in [0.15, 0.2) is 0 Å². The number of nitrogens with zero attached hydrogens (tertiary/aromatic N) is 2. The topological polar surface area (TPSA) is 99.1 Å². The van der Waals surface area contributed by atoms with Crippen molar-refractivity contribution >= 4 is 51.3 Å². The number of hydrogen-bond donors (Lipinski definition) is 3. The lowest BCUT2D eigenvalue weighted by Crippen LogP contribution is -1.97. The van der Waals surface area contributed by atoms with Gasteiger partial charge in [0.2, 0.25) is 5.16 Å². The standard InChI is InChI=1S/C14H13BrClN3O3S/c1-2-3-11-17-14(19-18-11)23-10(13(21)22)5-7-4-8(16)6-9(15)12(7)20/h4-6,20H,2-3H2,1H3,(H,21,22)(H,17,18,19)/b10-5-. The van der Waals surface area contributed by atoms with Crippen LogP contribution < -0.4 is 0 Å². The smallest absolute Gasteiger partial charge is 0.342 e. The molecule has 1 aromatic heterocycles. The number of H-pyrrole nitrogens is 1. The summed E-state index contributed by atoms with van der Waals surface area (Å²) >= 11 is 9.99. The van der Waals surface area contributed by atoms with Crippen molar-refractivity contribution in [2.75, 3.05) is 0 Å². The molecule has 0 aliphatic carbocycles. The molecular weight excluding hydrogens is 406 g/mol. The van der Waals surface area contributed by atoms with Gasteiger partial charge < -0.3 is 10.2 Å². The number of aliphatic carboxylic acids is 1. The average molecular weight is 419 g/mol. The number of aromatic hydroxyl groups is 1. The van der Waals surface area contributed by atoms with Crippen LogP contribution in [-0.4, -0.2) is 31.4 Å². The molecule has 0 fully saturated rings. The predicted octanol–water partition coefficient (Wildman–Crippen LogP) is 4.10. The number of benzene rings is 1. The Morgan fingerprint density at radius 2 is 2.26 bits per heavy atom. The molecule has 0 saturated heterocycles. The number of aromatic nitrogens is 3. The van der Waals surface area contributed by atoms with E-state index in [0.717, 1.165) is 24.6 Å². The van der Waals surface area contributed by atoms with Crippen molar-refractivity contribution in [3.8, 4) is 5.75 Å². The molecule has 1 aromatic carbocycles. The molecule has 0 aliphatic heterocycles. The summed E-state index contributed by atoms with van der Waals surface area (Å²) in [6, 6.07) is 3.00. The summed E-state index contributed by atoms with van der Waals surface area (Å²) in [6.45, 7) is 2.01.